The van der Waals surface area contributed by atoms with Crippen LogP contribution in [0.2, 0.25) is 0 Å². The Balaban J connectivity index is 2.02. The van der Waals surface area contributed by atoms with Crippen molar-refractivity contribution in [2.24, 2.45) is 0 Å². The van der Waals surface area contributed by atoms with Crippen LogP contribution in [0.15, 0.2) is 35.9 Å². The van der Waals surface area contributed by atoms with E-state index in [0.717, 1.165) is 19.4 Å². The molecule has 2 rings (SSSR count). The first-order valence-corrected chi connectivity index (χ1v) is 7.16. The fourth-order valence-corrected chi connectivity index (χ4v) is 2.29. The van der Waals surface area contributed by atoms with Gasteiger partial charge in [0.1, 0.15) is 5.60 Å². The van der Waals surface area contributed by atoms with E-state index in [1.165, 1.54) is 11.1 Å². The van der Waals surface area contributed by atoms with Crippen molar-refractivity contribution in [1.29, 1.82) is 0 Å². The van der Waals surface area contributed by atoms with E-state index in [0.29, 0.717) is 6.54 Å². The standard InChI is InChI=1S/C17H23NO2/c1-17(2,3)20-16(19)18-11-7-10-15(13-18)12-14-8-5-4-6-9-14/h4-6,8-9,12H,7,10-11,13H2,1-3H3. The molecule has 0 atom stereocenters. The van der Waals surface area contributed by atoms with Crippen LogP contribution in [0.5, 0.6) is 0 Å². The van der Waals surface area contributed by atoms with E-state index in [-0.39, 0.29) is 6.09 Å². The number of carbonyl (C=O) groups excluding carboxylic acids is 1. The third kappa shape index (κ3) is 4.41. The highest BCUT2D eigenvalue weighted by atomic mass is 16.6. The molecule has 1 aliphatic heterocycles. The van der Waals surface area contributed by atoms with Gasteiger partial charge in [0.15, 0.2) is 0 Å². The number of likely N-dealkylation sites (tertiary alicyclic amines) is 1. The second kappa shape index (κ2) is 6.12. The molecule has 0 bridgehead atoms. The second-order valence-corrected chi connectivity index (χ2v) is 6.22. The smallest absolute Gasteiger partial charge is 0.410 e. The fraction of sp³-hybridized carbons (Fsp3) is 0.471. The maximum Gasteiger partial charge on any atom is 0.410 e. The first-order valence-electron chi connectivity index (χ1n) is 7.16. The van der Waals surface area contributed by atoms with Gasteiger partial charge >= 0.3 is 6.09 Å². The summed E-state index contributed by atoms with van der Waals surface area (Å²) in [4.78, 5) is 13.9. The molecule has 3 nitrogen and oxygen atoms in total. The lowest BCUT2D eigenvalue weighted by Gasteiger charge is -2.31. The predicted molar refractivity (Wildman–Crippen MR) is 81.5 cm³/mol. The summed E-state index contributed by atoms with van der Waals surface area (Å²) in [6.45, 7) is 7.14. The van der Waals surface area contributed by atoms with Crippen LogP contribution in [0.25, 0.3) is 6.08 Å². The van der Waals surface area contributed by atoms with Crippen LogP contribution in [-0.2, 0) is 4.74 Å². The zero-order valence-electron chi connectivity index (χ0n) is 12.6. The molecule has 1 fully saturated rings. The minimum Gasteiger partial charge on any atom is -0.444 e. The Hall–Kier alpha value is -1.77. The Labute approximate surface area is 121 Å². The average Bonchev–Trinajstić information content (AvgIpc) is 2.38. The van der Waals surface area contributed by atoms with Crippen molar-refractivity contribution in [3.63, 3.8) is 0 Å². The molecule has 0 saturated carbocycles. The van der Waals surface area contributed by atoms with Gasteiger partial charge in [-0.15, -0.1) is 0 Å². The first kappa shape index (κ1) is 14.6. The molecular weight excluding hydrogens is 250 g/mol. The van der Waals surface area contributed by atoms with Gasteiger partial charge < -0.3 is 9.64 Å². The second-order valence-electron chi connectivity index (χ2n) is 6.22. The number of benzene rings is 1. The molecule has 0 radical (unpaired) electrons. The summed E-state index contributed by atoms with van der Waals surface area (Å²) in [5.41, 5.74) is 2.04. The van der Waals surface area contributed by atoms with E-state index in [4.69, 9.17) is 4.74 Å². The maximum absolute atomic E-state index is 12.1. The number of amides is 1. The van der Waals surface area contributed by atoms with E-state index >= 15 is 0 Å². The van der Waals surface area contributed by atoms with Crippen molar-refractivity contribution in [3.8, 4) is 0 Å². The number of ether oxygens (including phenoxy) is 1. The molecule has 0 aromatic heterocycles. The van der Waals surface area contributed by atoms with E-state index in [9.17, 15) is 4.79 Å². The lowest BCUT2D eigenvalue weighted by atomic mass is 10.0. The normalized spacial score (nSPS) is 18.1. The Morgan fingerprint density at radius 3 is 2.60 bits per heavy atom. The lowest BCUT2D eigenvalue weighted by Crippen LogP contribution is -2.40. The third-order valence-corrected chi connectivity index (χ3v) is 3.14. The molecule has 0 aliphatic carbocycles. The maximum atomic E-state index is 12.1. The molecule has 0 unspecified atom stereocenters. The van der Waals surface area contributed by atoms with Gasteiger partial charge in [0.05, 0.1) is 0 Å². The molecule has 0 N–H and O–H groups in total. The molecule has 1 aromatic carbocycles. The summed E-state index contributed by atoms with van der Waals surface area (Å²) in [6.07, 6.45) is 4.01. The molecule has 3 heteroatoms. The number of hydrogen-bond acceptors (Lipinski definition) is 2. The Morgan fingerprint density at radius 2 is 1.95 bits per heavy atom. The zero-order chi connectivity index (χ0) is 14.6. The van der Waals surface area contributed by atoms with Crippen molar-refractivity contribution < 1.29 is 9.53 Å². The quantitative estimate of drug-likeness (QED) is 0.771. The Kier molecular flexibility index (Phi) is 4.48. The monoisotopic (exact) mass is 273 g/mol. The molecule has 1 saturated heterocycles. The summed E-state index contributed by atoms with van der Waals surface area (Å²) in [6, 6.07) is 10.2. The number of hydrogen-bond donors (Lipinski definition) is 0. The number of rotatable bonds is 1. The highest BCUT2D eigenvalue weighted by molar-refractivity contribution is 5.69. The highest BCUT2D eigenvalue weighted by Crippen LogP contribution is 2.20. The van der Waals surface area contributed by atoms with Gasteiger partial charge in [-0.25, -0.2) is 4.79 Å². The van der Waals surface area contributed by atoms with Crippen LogP contribution >= 0.6 is 0 Å². The summed E-state index contributed by atoms with van der Waals surface area (Å²) in [7, 11) is 0. The van der Waals surface area contributed by atoms with E-state index in [1.54, 1.807) is 4.90 Å². The molecule has 108 valence electrons. The van der Waals surface area contributed by atoms with Crippen molar-refractivity contribution in [2.45, 2.75) is 39.2 Å². The predicted octanol–water partition coefficient (Wildman–Crippen LogP) is 4.10. The summed E-state index contributed by atoms with van der Waals surface area (Å²) in [5, 5.41) is 0. The summed E-state index contributed by atoms with van der Waals surface area (Å²) >= 11 is 0. The molecule has 1 heterocycles. The molecular formula is C17H23NO2. The topological polar surface area (TPSA) is 29.5 Å². The van der Waals surface area contributed by atoms with Gasteiger partial charge in [-0.3, -0.25) is 0 Å². The van der Waals surface area contributed by atoms with Crippen LogP contribution in [0.4, 0.5) is 4.79 Å². The Bertz CT molecular complexity index is 485. The molecule has 0 spiro atoms. The molecule has 20 heavy (non-hydrogen) atoms. The van der Waals surface area contributed by atoms with Crippen LogP contribution < -0.4 is 0 Å². The largest absolute Gasteiger partial charge is 0.444 e. The van der Waals surface area contributed by atoms with Crippen molar-refractivity contribution >= 4 is 12.2 Å². The van der Waals surface area contributed by atoms with Crippen LogP contribution in [0.1, 0.15) is 39.2 Å². The SMILES string of the molecule is CC(C)(C)OC(=O)N1CCCC(=Cc2ccccc2)C1. The van der Waals surface area contributed by atoms with E-state index in [1.807, 2.05) is 39.0 Å². The molecule has 1 aliphatic rings. The Morgan fingerprint density at radius 1 is 1.25 bits per heavy atom. The fourth-order valence-electron chi connectivity index (χ4n) is 2.29. The van der Waals surface area contributed by atoms with Crippen LogP contribution in [0.3, 0.4) is 0 Å². The van der Waals surface area contributed by atoms with E-state index in [2.05, 4.69) is 18.2 Å². The van der Waals surface area contributed by atoms with Gasteiger partial charge in [-0.1, -0.05) is 42.0 Å². The zero-order valence-corrected chi connectivity index (χ0v) is 12.6. The lowest BCUT2D eigenvalue weighted by molar-refractivity contribution is 0.0247. The first-order chi connectivity index (χ1) is 9.44. The van der Waals surface area contributed by atoms with Gasteiger partial charge in [0.2, 0.25) is 0 Å². The van der Waals surface area contributed by atoms with E-state index < -0.39 is 5.60 Å². The molecule has 1 aromatic rings. The van der Waals surface area contributed by atoms with Crippen LogP contribution in [-0.4, -0.2) is 29.7 Å². The highest BCUT2D eigenvalue weighted by Gasteiger charge is 2.24. The minimum absolute atomic E-state index is 0.212. The van der Waals surface area contributed by atoms with Crippen LogP contribution in [0, 0.1) is 0 Å². The summed E-state index contributed by atoms with van der Waals surface area (Å²) in [5.74, 6) is 0. The number of piperidine rings is 1. The third-order valence-electron chi connectivity index (χ3n) is 3.14. The number of carbonyl (C=O) groups is 1. The van der Waals surface area contributed by atoms with Gasteiger partial charge in [0.25, 0.3) is 0 Å². The number of nitrogens with zero attached hydrogens (tertiary/aromatic N) is 1. The minimum atomic E-state index is -0.433. The van der Waals surface area contributed by atoms with Crippen molar-refractivity contribution in [3.05, 3.63) is 41.5 Å². The van der Waals surface area contributed by atoms with Crippen molar-refractivity contribution in [2.75, 3.05) is 13.1 Å². The van der Waals surface area contributed by atoms with Crippen molar-refractivity contribution in [1.82, 2.24) is 4.90 Å². The van der Waals surface area contributed by atoms with Gasteiger partial charge in [-0.05, 0) is 39.2 Å². The average molecular weight is 273 g/mol. The molecule has 1 amide bonds. The summed E-state index contributed by atoms with van der Waals surface area (Å²) < 4.78 is 5.44. The van der Waals surface area contributed by atoms with Gasteiger partial charge in [-0.2, -0.15) is 0 Å². The van der Waals surface area contributed by atoms with Gasteiger partial charge in [0, 0.05) is 13.1 Å².